The highest BCUT2D eigenvalue weighted by Gasteiger charge is 2.19. The first-order chi connectivity index (χ1) is 11.2. The van der Waals surface area contributed by atoms with Gasteiger partial charge in [-0.1, -0.05) is 12.8 Å². The first-order valence-corrected chi connectivity index (χ1v) is 7.92. The summed E-state index contributed by atoms with van der Waals surface area (Å²) in [6, 6.07) is 6.81. The van der Waals surface area contributed by atoms with Crippen molar-refractivity contribution in [3.05, 3.63) is 36.4 Å². The number of rotatable bonds is 3. The third kappa shape index (κ3) is 2.54. The van der Waals surface area contributed by atoms with Crippen LogP contribution in [0.2, 0.25) is 0 Å². The Morgan fingerprint density at radius 3 is 2.61 bits per heavy atom. The second-order valence-electron chi connectivity index (χ2n) is 6.02. The van der Waals surface area contributed by atoms with Crippen molar-refractivity contribution in [1.82, 2.24) is 19.5 Å². The molecule has 23 heavy (non-hydrogen) atoms. The van der Waals surface area contributed by atoms with E-state index in [0.29, 0.717) is 6.04 Å². The minimum atomic E-state index is -0.254. The van der Waals surface area contributed by atoms with Crippen LogP contribution in [-0.4, -0.2) is 25.6 Å². The van der Waals surface area contributed by atoms with Crippen LogP contribution in [0.25, 0.3) is 22.6 Å². The number of imidazole rings is 1. The molecule has 2 heterocycles. The molecule has 1 saturated carbocycles. The van der Waals surface area contributed by atoms with E-state index in [1.807, 2.05) is 11.6 Å². The predicted octanol–water partition coefficient (Wildman–Crippen LogP) is 3.52. The highest BCUT2D eigenvalue weighted by molar-refractivity contribution is 5.86. The molecule has 1 aromatic carbocycles. The molecule has 0 atom stereocenters. The summed E-state index contributed by atoms with van der Waals surface area (Å²) >= 11 is 0. The highest BCUT2D eigenvalue weighted by Crippen LogP contribution is 2.28. The van der Waals surface area contributed by atoms with Crippen molar-refractivity contribution in [1.29, 1.82) is 0 Å². The fraction of sp³-hybridized carbons (Fsp3) is 0.353. The maximum atomic E-state index is 13.1. The molecular weight excluding hydrogens is 293 g/mol. The van der Waals surface area contributed by atoms with E-state index in [0.717, 1.165) is 28.4 Å². The SMILES string of the molecule is Cn1c(-c2ccc(F)cc2)nc2c(NC3CCCC3)ncnc21. The molecule has 1 fully saturated rings. The Labute approximate surface area is 133 Å². The van der Waals surface area contributed by atoms with Crippen molar-refractivity contribution in [2.45, 2.75) is 31.7 Å². The summed E-state index contributed by atoms with van der Waals surface area (Å²) in [5.74, 6) is 1.29. The van der Waals surface area contributed by atoms with Crippen LogP contribution in [0.3, 0.4) is 0 Å². The molecular formula is C17H18FN5. The van der Waals surface area contributed by atoms with E-state index in [4.69, 9.17) is 4.98 Å². The van der Waals surface area contributed by atoms with Crippen LogP contribution < -0.4 is 5.32 Å². The van der Waals surface area contributed by atoms with E-state index in [-0.39, 0.29) is 5.82 Å². The summed E-state index contributed by atoms with van der Waals surface area (Å²) in [6.07, 6.45) is 6.42. The Morgan fingerprint density at radius 2 is 1.87 bits per heavy atom. The largest absolute Gasteiger partial charge is 0.365 e. The monoisotopic (exact) mass is 311 g/mol. The summed E-state index contributed by atoms with van der Waals surface area (Å²) in [4.78, 5) is 13.4. The van der Waals surface area contributed by atoms with Crippen LogP contribution >= 0.6 is 0 Å². The van der Waals surface area contributed by atoms with Crippen LogP contribution in [-0.2, 0) is 7.05 Å². The standard InChI is InChI=1S/C17H18FN5/c1-23-16(11-6-8-12(18)9-7-11)22-14-15(19-10-20-17(14)23)21-13-4-2-3-5-13/h6-10,13H,2-5H2,1H3,(H,19,20,21). The van der Waals surface area contributed by atoms with Crippen LogP contribution in [0, 0.1) is 5.82 Å². The number of nitrogens with zero attached hydrogens (tertiary/aromatic N) is 4. The Kier molecular flexibility index (Phi) is 3.44. The van der Waals surface area contributed by atoms with Crippen LogP contribution in [0.15, 0.2) is 30.6 Å². The van der Waals surface area contributed by atoms with Crippen molar-refractivity contribution >= 4 is 17.0 Å². The number of fused-ring (bicyclic) bond motifs is 1. The zero-order chi connectivity index (χ0) is 15.8. The fourth-order valence-corrected chi connectivity index (χ4v) is 3.23. The molecule has 6 heteroatoms. The number of hydrogen-bond donors (Lipinski definition) is 1. The molecule has 2 aromatic heterocycles. The summed E-state index contributed by atoms with van der Waals surface area (Å²) in [7, 11) is 1.92. The number of hydrogen-bond acceptors (Lipinski definition) is 4. The van der Waals surface area contributed by atoms with Gasteiger partial charge in [0.25, 0.3) is 0 Å². The quantitative estimate of drug-likeness (QED) is 0.804. The molecule has 0 radical (unpaired) electrons. The lowest BCUT2D eigenvalue weighted by Crippen LogP contribution is -2.15. The van der Waals surface area contributed by atoms with Gasteiger partial charge in [0, 0.05) is 18.7 Å². The Morgan fingerprint density at radius 1 is 1.13 bits per heavy atom. The molecule has 3 aromatic rings. The number of aromatic nitrogens is 4. The van der Waals surface area contributed by atoms with Gasteiger partial charge < -0.3 is 9.88 Å². The van der Waals surface area contributed by atoms with Crippen LogP contribution in [0.4, 0.5) is 10.2 Å². The predicted molar refractivity (Wildman–Crippen MR) is 87.6 cm³/mol. The van der Waals surface area contributed by atoms with Gasteiger partial charge in [0.1, 0.15) is 18.0 Å². The lowest BCUT2D eigenvalue weighted by Gasteiger charge is -2.12. The number of nitrogens with one attached hydrogen (secondary N) is 1. The molecule has 4 rings (SSSR count). The number of anilines is 1. The van der Waals surface area contributed by atoms with Gasteiger partial charge in [-0.3, -0.25) is 0 Å². The maximum absolute atomic E-state index is 13.1. The molecule has 0 amide bonds. The van der Waals surface area contributed by atoms with E-state index < -0.39 is 0 Å². The van der Waals surface area contributed by atoms with E-state index in [9.17, 15) is 4.39 Å². The van der Waals surface area contributed by atoms with E-state index in [1.54, 1.807) is 18.5 Å². The third-order valence-electron chi connectivity index (χ3n) is 4.45. The van der Waals surface area contributed by atoms with Crippen LogP contribution in [0.1, 0.15) is 25.7 Å². The smallest absolute Gasteiger partial charge is 0.165 e. The van der Waals surface area contributed by atoms with Crippen molar-refractivity contribution in [3.8, 4) is 11.4 Å². The second kappa shape index (κ2) is 5.61. The molecule has 0 unspecified atom stereocenters. The molecule has 118 valence electrons. The Bertz CT molecular complexity index is 834. The molecule has 1 aliphatic carbocycles. The lowest BCUT2D eigenvalue weighted by atomic mass is 10.2. The minimum absolute atomic E-state index is 0.254. The van der Waals surface area contributed by atoms with Crippen molar-refractivity contribution in [2.75, 3.05) is 5.32 Å². The topological polar surface area (TPSA) is 55.6 Å². The maximum Gasteiger partial charge on any atom is 0.165 e. The minimum Gasteiger partial charge on any atom is -0.365 e. The normalized spacial score (nSPS) is 15.4. The highest BCUT2D eigenvalue weighted by atomic mass is 19.1. The van der Waals surface area contributed by atoms with Crippen molar-refractivity contribution in [3.63, 3.8) is 0 Å². The molecule has 0 saturated heterocycles. The van der Waals surface area contributed by atoms with E-state index in [1.165, 1.54) is 37.8 Å². The number of benzene rings is 1. The van der Waals surface area contributed by atoms with Crippen LogP contribution in [0.5, 0.6) is 0 Å². The van der Waals surface area contributed by atoms with Gasteiger partial charge >= 0.3 is 0 Å². The first-order valence-electron chi connectivity index (χ1n) is 7.92. The second-order valence-corrected chi connectivity index (χ2v) is 6.02. The van der Waals surface area contributed by atoms with Gasteiger partial charge in [-0.15, -0.1) is 0 Å². The zero-order valence-electron chi connectivity index (χ0n) is 13.0. The first kappa shape index (κ1) is 14.1. The summed E-state index contributed by atoms with van der Waals surface area (Å²) in [5.41, 5.74) is 2.40. The van der Waals surface area contributed by atoms with E-state index >= 15 is 0 Å². The average molecular weight is 311 g/mol. The van der Waals surface area contributed by atoms with Gasteiger partial charge in [0.2, 0.25) is 0 Å². The summed E-state index contributed by atoms with van der Waals surface area (Å²) in [6.45, 7) is 0. The number of aryl methyl sites for hydroxylation is 1. The fourth-order valence-electron chi connectivity index (χ4n) is 3.23. The van der Waals surface area contributed by atoms with Crippen molar-refractivity contribution in [2.24, 2.45) is 7.05 Å². The van der Waals surface area contributed by atoms with Gasteiger partial charge in [-0.05, 0) is 37.1 Å². The molecule has 0 bridgehead atoms. The van der Waals surface area contributed by atoms with E-state index in [2.05, 4.69) is 15.3 Å². The third-order valence-corrected chi connectivity index (χ3v) is 4.45. The molecule has 1 N–H and O–H groups in total. The van der Waals surface area contributed by atoms with Gasteiger partial charge in [0.15, 0.2) is 17.0 Å². The van der Waals surface area contributed by atoms with Gasteiger partial charge in [-0.2, -0.15) is 0 Å². The molecule has 5 nitrogen and oxygen atoms in total. The lowest BCUT2D eigenvalue weighted by molar-refractivity contribution is 0.628. The summed E-state index contributed by atoms with van der Waals surface area (Å²) < 4.78 is 15.1. The molecule has 0 aliphatic heterocycles. The van der Waals surface area contributed by atoms with Crippen molar-refractivity contribution < 1.29 is 4.39 Å². The average Bonchev–Trinajstić information content (AvgIpc) is 3.18. The zero-order valence-corrected chi connectivity index (χ0v) is 13.0. The summed E-state index contributed by atoms with van der Waals surface area (Å²) in [5, 5.41) is 3.50. The van der Waals surface area contributed by atoms with Gasteiger partial charge in [-0.25, -0.2) is 19.3 Å². The number of halogens is 1. The van der Waals surface area contributed by atoms with Gasteiger partial charge in [0.05, 0.1) is 0 Å². The Hall–Kier alpha value is -2.50. The Balaban J connectivity index is 1.78. The molecule has 0 spiro atoms. The molecule has 1 aliphatic rings.